The normalized spacial score (nSPS) is 17.7. The van der Waals surface area contributed by atoms with E-state index in [1.807, 2.05) is 12.1 Å². The molecular weight excluding hydrogens is 348 g/mol. The van der Waals surface area contributed by atoms with E-state index < -0.39 is 11.4 Å². The molecule has 0 unspecified atom stereocenters. The van der Waals surface area contributed by atoms with Gasteiger partial charge in [-0.3, -0.25) is 4.79 Å². The average Bonchev–Trinajstić information content (AvgIpc) is 2.03. The Labute approximate surface area is 97.6 Å². The molecule has 0 amide bonds. The van der Waals surface area contributed by atoms with Crippen molar-refractivity contribution in [1.82, 2.24) is 0 Å². The van der Waals surface area contributed by atoms with Crippen LogP contribution in [-0.2, 0) is 31.3 Å². The standard InChI is InChI=1S/C11H11O2.W/c12-10(13)11(7-4-8-11)9-5-2-1-3-6-9;/h2-3,5-6H,4,7-8H2,(H,12,13);/q-1;. The van der Waals surface area contributed by atoms with E-state index in [-0.39, 0.29) is 21.1 Å². The summed E-state index contributed by atoms with van der Waals surface area (Å²) in [5.41, 5.74) is 0.333. The molecule has 1 saturated carbocycles. The van der Waals surface area contributed by atoms with E-state index in [0.29, 0.717) is 0 Å². The zero-order chi connectivity index (χ0) is 9.31. The molecule has 3 heteroatoms. The van der Waals surface area contributed by atoms with Crippen LogP contribution < -0.4 is 0 Å². The van der Waals surface area contributed by atoms with Crippen LogP contribution in [0.1, 0.15) is 24.8 Å². The number of hydrogen-bond acceptors (Lipinski definition) is 1. The number of benzene rings is 1. The summed E-state index contributed by atoms with van der Waals surface area (Å²) >= 11 is 0. The van der Waals surface area contributed by atoms with E-state index in [9.17, 15) is 4.79 Å². The third-order valence-electron chi connectivity index (χ3n) is 2.89. The summed E-state index contributed by atoms with van der Waals surface area (Å²) in [5, 5.41) is 9.13. The van der Waals surface area contributed by atoms with E-state index in [0.717, 1.165) is 24.8 Å². The Kier molecular flexibility index (Phi) is 3.49. The quantitative estimate of drug-likeness (QED) is 0.821. The molecule has 1 N–H and O–H groups in total. The smallest absolute Gasteiger partial charge is 0.311 e. The fourth-order valence-corrected chi connectivity index (χ4v) is 1.86. The summed E-state index contributed by atoms with van der Waals surface area (Å²) in [4.78, 5) is 11.1. The molecular formula is C11H11O2W-. The second kappa shape index (κ2) is 4.27. The molecule has 1 fully saturated rings. The monoisotopic (exact) mass is 359 g/mol. The van der Waals surface area contributed by atoms with Gasteiger partial charge in [0.05, 0.1) is 5.41 Å². The first-order chi connectivity index (χ1) is 6.26. The van der Waals surface area contributed by atoms with Crippen LogP contribution in [0, 0.1) is 6.07 Å². The third-order valence-corrected chi connectivity index (χ3v) is 2.89. The SMILES string of the molecule is O=C(O)C1(c2cc[c-]cc2)CCC1.[W]. The van der Waals surface area contributed by atoms with Crippen molar-refractivity contribution in [1.29, 1.82) is 0 Å². The van der Waals surface area contributed by atoms with Crippen molar-refractivity contribution in [2.24, 2.45) is 0 Å². The first-order valence-corrected chi connectivity index (χ1v) is 4.46. The Morgan fingerprint density at radius 1 is 1.36 bits per heavy atom. The van der Waals surface area contributed by atoms with Crippen molar-refractivity contribution in [2.45, 2.75) is 24.7 Å². The van der Waals surface area contributed by atoms with Crippen molar-refractivity contribution >= 4 is 5.97 Å². The van der Waals surface area contributed by atoms with Crippen LogP contribution in [0.2, 0.25) is 0 Å². The fraction of sp³-hybridized carbons (Fsp3) is 0.364. The van der Waals surface area contributed by atoms with Gasteiger partial charge in [-0.25, -0.2) is 0 Å². The maximum Gasteiger partial charge on any atom is 0.311 e. The van der Waals surface area contributed by atoms with Gasteiger partial charge in [0.15, 0.2) is 0 Å². The predicted octanol–water partition coefficient (Wildman–Crippen LogP) is 1.99. The third kappa shape index (κ3) is 1.64. The van der Waals surface area contributed by atoms with Gasteiger partial charge in [0.25, 0.3) is 0 Å². The molecule has 2 rings (SSSR count). The summed E-state index contributed by atoms with van der Waals surface area (Å²) in [6.07, 6.45) is 2.56. The van der Waals surface area contributed by atoms with Gasteiger partial charge < -0.3 is 5.11 Å². The van der Waals surface area contributed by atoms with Crippen LogP contribution in [-0.4, -0.2) is 11.1 Å². The molecule has 0 heterocycles. The molecule has 0 bridgehead atoms. The summed E-state index contributed by atoms with van der Waals surface area (Å²) in [5.74, 6) is -0.690. The number of carbonyl (C=O) groups is 1. The van der Waals surface area contributed by atoms with Crippen LogP contribution in [0.25, 0.3) is 0 Å². The maximum atomic E-state index is 11.1. The number of hydrogen-bond donors (Lipinski definition) is 1. The zero-order valence-electron chi connectivity index (χ0n) is 7.69. The number of rotatable bonds is 2. The van der Waals surface area contributed by atoms with Gasteiger partial charge in [-0.2, -0.15) is 30.3 Å². The Morgan fingerprint density at radius 3 is 2.29 bits per heavy atom. The fourth-order valence-electron chi connectivity index (χ4n) is 1.86. The molecule has 0 saturated heterocycles. The van der Waals surface area contributed by atoms with Crippen LogP contribution in [0.4, 0.5) is 0 Å². The van der Waals surface area contributed by atoms with Gasteiger partial charge in [-0.15, -0.1) is 5.56 Å². The Balaban J connectivity index is 0.000000980. The topological polar surface area (TPSA) is 37.3 Å². The van der Waals surface area contributed by atoms with E-state index in [1.165, 1.54) is 0 Å². The second-order valence-electron chi connectivity index (χ2n) is 3.53. The van der Waals surface area contributed by atoms with E-state index in [1.54, 1.807) is 12.1 Å². The minimum Gasteiger partial charge on any atom is -0.481 e. The molecule has 1 aliphatic rings. The van der Waals surface area contributed by atoms with E-state index in [2.05, 4.69) is 6.07 Å². The van der Waals surface area contributed by atoms with E-state index in [4.69, 9.17) is 5.11 Å². The number of aliphatic carboxylic acids is 1. The average molecular weight is 359 g/mol. The molecule has 1 aromatic carbocycles. The summed E-state index contributed by atoms with van der Waals surface area (Å²) in [7, 11) is 0. The molecule has 1 aliphatic carbocycles. The molecule has 1 aromatic rings. The predicted molar refractivity (Wildman–Crippen MR) is 48.4 cm³/mol. The molecule has 0 aromatic heterocycles. The van der Waals surface area contributed by atoms with Crippen LogP contribution in [0.15, 0.2) is 24.3 Å². The minimum absolute atomic E-state index is 0. The maximum absolute atomic E-state index is 11.1. The van der Waals surface area contributed by atoms with Crippen molar-refractivity contribution in [3.05, 3.63) is 35.9 Å². The van der Waals surface area contributed by atoms with Crippen LogP contribution >= 0.6 is 0 Å². The molecule has 0 aliphatic heterocycles. The Morgan fingerprint density at radius 2 is 1.93 bits per heavy atom. The van der Waals surface area contributed by atoms with Crippen LogP contribution in [0.3, 0.4) is 0 Å². The van der Waals surface area contributed by atoms with Crippen molar-refractivity contribution in [2.75, 3.05) is 0 Å². The Bertz CT molecular complexity index is 317. The minimum atomic E-state index is -0.690. The molecule has 74 valence electrons. The van der Waals surface area contributed by atoms with Crippen molar-refractivity contribution < 1.29 is 31.0 Å². The first-order valence-electron chi connectivity index (χ1n) is 4.46. The van der Waals surface area contributed by atoms with Gasteiger partial charge in [-0.1, -0.05) is 6.42 Å². The van der Waals surface area contributed by atoms with E-state index >= 15 is 0 Å². The largest absolute Gasteiger partial charge is 0.481 e. The molecule has 14 heavy (non-hydrogen) atoms. The van der Waals surface area contributed by atoms with Gasteiger partial charge in [-0.05, 0) is 12.8 Å². The number of carboxylic acids is 1. The summed E-state index contributed by atoms with van der Waals surface area (Å²) < 4.78 is 0. The molecule has 2 nitrogen and oxygen atoms in total. The van der Waals surface area contributed by atoms with Gasteiger partial charge >= 0.3 is 5.97 Å². The van der Waals surface area contributed by atoms with Crippen LogP contribution in [0.5, 0.6) is 0 Å². The van der Waals surface area contributed by atoms with Gasteiger partial charge in [0.1, 0.15) is 0 Å². The zero-order valence-corrected chi connectivity index (χ0v) is 10.6. The molecule has 0 atom stereocenters. The molecule has 0 radical (unpaired) electrons. The Hall–Kier alpha value is -0.622. The number of carboxylic acid groups (broad SMARTS) is 1. The van der Waals surface area contributed by atoms with Crippen molar-refractivity contribution in [3.63, 3.8) is 0 Å². The summed E-state index contributed by atoms with van der Waals surface area (Å²) in [6.45, 7) is 0. The van der Waals surface area contributed by atoms with Crippen molar-refractivity contribution in [3.8, 4) is 0 Å². The summed E-state index contributed by atoms with van der Waals surface area (Å²) in [6, 6.07) is 10.2. The molecule has 0 spiro atoms. The first kappa shape index (κ1) is 11.5. The van der Waals surface area contributed by atoms with Gasteiger partial charge in [0, 0.05) is 21.1 Å². The second-order valence-corrected chi connectivity index (χ2v) is 3.53. The van der Waals surface area contributed by atoms with Gasteiger partial charge in [0.2, 0.25) is 0 Å².